The fourth-order valence-electron chi connectivity index (χ4n) is 2.39. The third kappa shape index (κ3) is 3.05. The van der Waals surface area contributed by atoms with E-state index in [2.05, 4.69) is 10.2 Å². The Bertz CT molecular complexity index is 372. The molecule has 1 unspecified atom stereocenters. The molecule has 0 bridgehead atoms. The van der Waals surface area contributed by atoms with Crippen LogP contribution in [0.5, 0.6) is 0 Å². The molecule has 3 N–H and O–H groups in total. The maximum absolute atomic E-state index is 12.0. The molecule has 0 aliphatic carbocycles. The predicted molar refractivity (Wildman–Crippen MR) is 69.6 cm³/mol. The van der Waals surface area contributed by atoms with E-state index in [9.17, 15) is 9.59 Å². The molecule has 19 heavy (non-hydrogen) atoms. The van der Waals surface area contributed by atoms with E-state index >= 15 is 0 Å². The molecule has 2 aliphatic rings. The Morgan fingerprint density at radius 3 is 2.74 bits per heavy atom. The Labute approximate surface area is 113 Å². The van der Waals surface area contributed by atoms with Gasteiger partial charge in [-0.3, -0.25) is 14.6 Å². The number of nitrogens with one attached hydrogen (secondary N) is 1. The first-order chi connectivity index (χ1) is 8.94. The van der Waals surface area contributed by atoms with Crippen molar-refractivity contribution in [2.45, 2.75) is 25.5 Å². The van der Waals surface area contributed by atoms with E-state index in [4.69, 9.17) is 10.5 Å². The summed E-state index contributed by atoms with van der Waals surface area (Å²) in [5.74, 6) is -0.166. The Morgan fingerprint density at radius 2 is 2.16 bits per heavy atom. The van der Waals surface area contributed by atoms with Gasteiger partial charge in [-0.05, 0) is 13.8 Å². The topological polar surface area (TPSA) is 87.9 Å². The molecule has 7 heteroatoms. The van der Waals surface area contributed by atoms with Gasteiger partial charge in [-0.25, -0.2) is 4.79 Å². The van der Waals surface area contributed by atoms with E-state index in [1.54, 1.807) is 13.8 Å². The van der Waals surface area contributed by atoms with Crippen molar-refractivity contribution in [3.63, 3.8) is 0 Å². The maximum Gasteiger partial charge on any atom is 0.325 e. The summed E-state index contributed by atoms with van der Waals surface area (Å²) in [5.41, 5.74) is 4.79. The van der Waals surface area contributed by atoms with Crippen LogP contribution in [0.25, 0.3) is 0 Å². The van der Waals surface area contributed by atoms with Crippen molar-refractivity contribution in [2.24, 2.45) is 5.73 Å². The third-order valence-corrected chi connectivity index (χ3v) is 3.57. The van der Waals surface area contributed by atoms with E-state index in [-0.39, 0.29) is 18.0 Å². The van der Waals surface area contributed by atoms with Gasteiger partial charge in [0.25, 0.3) is 5.91 Å². The van der Waals surface area contributed by atoms with Crippen LogP contribution in [-0.2, 0) is 9.53 Å². The minimum atomic E-state index is -0.790. The smallest absolute Gasteiger partial charge is 0.325 e. The normalized spacial score (nSPS) is 27.7. The van der Waals surface area contributed by atoms with Gasteiger partial charge in [-0.15, -0.1) is 0 Å². The highest BCUT2D eigenvalue weighted by molar-refractivity contribution is 6.06. The summed E-state index contributed by atoms with van der Waals surface area (Å²) in [6.07, 6.45) is 0.0493. The van der Waals surface area contributed by atoms with Gasteiger partial charge in [0.1, 0.15) is 5.54 Å². The average molecular weight is 270 g/mol. The largest absolute Gasteiger partial charge is 0.374 e. The molecule has 0 spiro atoms. The van der Waals surface area contributed by atoms with Gasteiger partial charge in [-0.2, -0.15) is 0 Å². The molecule has 0 aromatic carbocycles. The highest BCUT2D eigenvalue weighted by Crippen LogP contribution is 2.16. The molecule has 0 aromatic rings. The molecule has 0 radical (unpaired) electrons. The van der Waals surface area contributed by atoms with Crippen molar-refractivity contribution in [3.05, 3.63) is 0 Å². The lowest BCUT2D eigenvalue weighted by Crippen LogP contribution is -2.48. The van der Waals surface area contributed by atoms with Crippen LogP contribution in [0, 0.1) is 0 Å². The quantitative estimate of drug-likeness (QED) is 0.638. The Kier molecular flexibility index (Phi) is 4.07. The minimum absolute atomic E-state index is 0.0493. The average Bonchev–Trinajstić information content (AvgIpc) is 2.57. The zero-order chi connectivity index (χ0) is 14.0. The van der Waals surface area contributed by atoms with E-state index in [1.165, 1.54) is 4.90 Å². The van der Waals surface area contributed by atoms with Crippen LogP contribution < -0.4 is 11.1 Å². The van der Waals surface area contributed by atoms with Crippen LogP contribution >= 0.6 is 0 Å². The van der Waals surface area contributed by atoms with Crippen LogP contribution in [-0.4, -0.2) is 72.7 Å². The first-order valence-corrected chi connectivity index (χ1v) is 6.62. The monoisotopic (exact) mass is 270 g/mol. The number of amides is 3. The summed E-state index contributed by atoms with van der Waals surface area (Å²) in [5, 5.41) is 2.67. The molecule has 3 amide bonds. The van der Waals surface area contributed by atoms with Crippen molar-refractivity contribution in [1.82, 2.24) is 15.1 Å². The van der Waals surface area contributed by atoms with Crippen LogP contribution in [0.2, 0.25) is 0 Å². The highest BCUT2D eigenvalue weighted by atomic mass is 16.5. The number of hydrogen-bond donors (Lipinski definition) is 2. The second-order valence-corrected chi connectivity index (χ2v) is 5.54. The first-order valence-electron chi connectivity index (χ1n) is 6.62. The summed E-state index contributed by atoms with van der Waals surface area (Å²) in [4.78, 5) is 27.2. The van der Waals surface area contributed by atoms with Gasteiger partial charge in [0.05, 0.1) is 12.7 Å². The van der Waals surface area contributed by atoms with Crippen molar-refractivity contribution in [3.8, 4) is 0 Å². The lowest BCUT2D eigenvalue weighted by molar-refractivity contribution is -0.130. The Morgan fingerprint density at radius 1 is 1.42 bits per heavy atom. The van der Waals surface area contributed by atoms with E-state index in [0.717, 1.165) is 13.1 Å². The molecule has 2 fully saturated rings. The van der Waals surface area contributed by atoms with E-state index in [0.29, 0.717) is 26.2 Å². The molecular formula is C12H22N4O3. The lowest BCUT2D eigenvalue weighted by Gasteiger charge is -2.32. The molecule has 0 aromatic heterocycles. The number of rotatable bonds is 4. The molecule has 7 nitrogen and oxygen atoms in total. The van der Waals surface area contributed by atoms with Crippen LogP contribution in [0.4, 0.5) is 4.79 Å². The number of imide groups is 1. The Hall–Kier alpha value is -1.18. The maximum atomic E-state index is 12.0. The second kappa shape index (κ2) is 5.44. The summed E-state index contributed by atoms with van der Waals surface area (Å²) in [6.45, 7) is 7.20. The minimum Gasteiger partial charge on any atom is -0.374 e. The van der Waals surface area contributed by atoms with Crippen molar-refractivity contribution in [2.75, 3.05) is 39.3 Å². The van der Waals surface area contributed by atoms with Crippen molar-refractivity contribution in [1.29, 1.82) is 0 Å². The van der Waals surface area contributed by atoms with Crippen LogP contribution in [0.15, 0.2) is 0 Å². The summed E-state index contributed by atoms with van der Waals surface area (Å²) >= 11 is 0. The predicted octanol–water partition coefficient (Wildman–Crippen LogP) is -1.02. The van der Waals surface area contributed by atoms with Gasteiger partial charge >= 0.3 is 6.03 Å². The standard InChI is InChI=1S/C12H22N4O3/c1-12(2)10(17)16(11(18)14-12)4-3-15-5-6-19-9(7-13)8-15/h9H,3-8,13H2,1-2H3,(H,14,18). The molecule has 1 atom stereocenters. The summed E-state index contributed by atoms with van der Waals surface area (Å²) < 4.78 is 5.48. The third-order valence-electron chi connectivity index (χ3n) is 3.57. The molecular weight excluding hydrogens is 248 g/mol. The van der Waals surface area contributed by atoms with E-state index in [1.807, 2.05) is 0 Å². The van der Waals surface area contributed by atoms with Gasteiger partial charge in [0.2, 0.25) is 0 Å². The van der Waals surface area contributed by atoms with Crippen molar-refractivity contribution < 1.29 is 14.3 Å². The fraction of sp³-hybridized carbons (Fsp3) is 0.833. The van der Waals surface area contributed by atoms with Gasteiger partial charge in [0.15, 0.2) is 0 Å². The molecule has 2 rings (SSSR count). The highest BCUT2D eigenvalue weighted by Gasteiger charge is 2.44. The first kappa shape index (κ1) is 14.2. The SMILES string of the molecule is CC1(C)NC(=O)N(CCN2CCOC(CN)C2)C1=O. The number of carbonyl (C=O) groups is 2. The second-order valence-electron chi connectivity index (χ2n) is 5.54. The molecule has 2 aliphatic heterocycles. The zero-order valence-electron chi connectivity index (χ0n) is 11.5. The summed E-state index contributed by atoms with van der Waals surface area (Å²) in [6, 6.07) is -0.307. The fourth-order valence-corrected chi connectivity index (χ4v) is 2.39. The number of carbonyl (C=O) groups excluding carboxylic acids is 2. The number of morpholine rings is 1. The molecule has 108 valence electrons. The number of hydrogen-bond acceptors (Lipinski definition) is 5. The van der Waals surface area contributed by atoms with E-state index < -0.39 is 5.54 Å². The number of ether oxygens (including phenoxy) is 1. The summed E-state index contributed by atoms with van der Waals surface area (Å²) in [7, 11) is 0. The zero-order valence-corrected chi connectivity index (χ0v) is 11.5. The Balaban J connectivity index is 1.85. The van der Waals surface area contributed by atoms with Crippen LogP contribution in [0.3, 0.4) is 0 Å². The number of urea groups is 1. The van der Waals surface area contributed by atoms with Gasteiger partial charge < -0.3 is 15.8 Å². The molecule has 2 saturated heterocycles. The molecule has 0 saturated carbocycles. The lowest BCUT2D eigenvalue weighted by atomic mass is 10.1. The van der Waals surface area contributed by atoms with Gasteiger partial charge in [0, 0.05) is 32.7 Å². The number of nitrogens with two attached hydrogens (primary N) is 1. The molecule has 2 heterocycles. The van der Waals surface area contributed by atoms with Crippen LogP contribution in [0.1, 0.15) is 13.8 Å². The van der Waals surface area contributed by atoms with Gasteiger partial charge in [-0.1, -0.05) is 0 Å². The van der Waals surface area contributed by atoms with Crippen molar-refractivity contribution >= 4 is 11.9 Å². The number of nitrogens with zero attached hydrogens (tertiary/aromatic N) is 2.